The zero-order valence-electron chi connectivity index (χ0n) is 20.1. The van der Waals surface area contributed by atoms with Gasteiger partial charge in [0.15, 0.2) is 0 Å². The molecule has 0 atom stereocenters. The molecule has 7 rings (SSSR count). The first kappa shape index (κ1) is 20.9. The highest BCUT2D eigenvalue weighted by Crippen LogP contribution is 2.35. The molecule has 0 nitrogen and oxygen atoms in total. The topological polar surface area (TPSA) is 0 Å². The average Bonchev–Trinajstić information content (AvgIpc) is 2.89. The monoisotopic (exact) mass is 438 g/mol. The summed E-state index contributed by atoms with van der Waals surface area (Å²) >= 11 is 0. The number of hydrogen-bond donors (Lipinski definition) is 0. The molecule has 6 aromatic carbocycles. The van der Waals surface area contributed by atoms with E-state index in [9.17, 15) is 0 Å². The molecule has 1 aliphatic carbocycles. The van der Waals surface area contributed by atoms with Crippen molar-refractivity contribution in [2.75, 3.05) is 0 Å². The van der Waals surface area contributed by atoms with E-state index in [0.717, 1.165) is 0 Å². The summed E-state index contributed by atoms with van der Waals surface area (Å²) in [4.78, 5) is 0. The molecule has 0 saturated heterocycles. The fourth-order valence-corrected chi connectivity index (χ4v) is 5.65. The first-order chi connectivity index (χ1) is 16.7. The lowest BCUT2D eigenvalue weighted by molar-refractivity contribution is 0.690. The Bertz CT molecular complexity index is 1560. The van der Waals surface area contributed by atoms with E-state index in [4.69, 9.17) is 0 Å². The standard InChI is InChI=1S/C20H20.C14H10/c1-13-7-8-16-10-11-18-17-6-4-3-5-15(17)9-12-19(18)20(16)14(13)2;1-2-6-12-10-14-8-4-3-7-13(14)9-11(12)5-1/h7-12H,3-6H2,1-2H3;1-10H. The second-order valence-electron chi connectivity index (χ2n) is 9.72. The Labute approximate surface area is 201 Å². The van der Waals surface area contributed by atoms with E-state index in [0.29, 0.717) is 0 Å². The maximum absolute atomic E-state index is 2.37. The number of hydrogen-bond acceptors (Lipinski definition) is 0. The normalized spacial score (nSPS) is 13.1. The van der Waals surface area contributed by atoms with Crippen molar-refractivity contribution in [3.63, 3.8) is 0 Å². The van der Waals surface area contributed by atoms with Gasteiger partial charge in [-0.1, -0.05) is 84.9 Å². The van der Waals surface area contributed by atoms with Gasteiger partial charge in [0, 0.05) is 0 Å². The molecule has 1 aliphatic rings. The molecule has 0 radical (unpaired) electrons. The Balaban J connectivity index is 0.000000136. The minimum absolute atomic E-state index is 1.25. The zero-order chi connectivity index (χ0) is 23.1. The van der Waals surface area contributed by atoms with Crippen LogP contribution < -0.4 is 0 Å². The van der Waals surface area contributed by atoms with Crippen molar-refractivity contribution < 1.29 is 0 Å². The van der Waals surface area contributed by atoms with Gasteiger partial charge in [-0.15, -0.1) is 0 Å². The van der Waals surface area contributed by atoms with E-state index in [1.54, 1.807) is 11.1 Å². The molecule has 0 bridgehead atoms. The molecule has 0 aromatic heterocycles. The van der Waals surface area contributed by atoms with Gasteiger partial charge in [0.25, 0.3) is 0 Å². The lowest BCUT2D eigenvalue weighted by Gasteiger charge is -2.19. The molecule has 0 aliphatic heterocycles. The lowest BCUT2D eigenvalue weighted by atomic mass is 9.85. The van der Waals surface area contributed by atoms with Crippen LogP contribution in [0.3, 0.4) is 0 Å². The van der Waals surface area contributed by atoms with Gasteiger partial charge in [0.2, 0.25) is 0 Å². The largest absolute Gasteiger partial charge is 0.0616 e. The Morgan fingerprint density at radius 2 is 1.06 bits per heavy atom. The quantitative estimate of drug-likeness (QED) is 0.164. The number of fused-ring (bicyclic) bond motifs is 7. The van der Waals surface area contributed by atoms with Crippen LogP contribution in [0.1, 0.15) is 35.1 Å². The predicted molar refractivity (Wildman–Crippen MR) is 149 cm³/mol. The second kappa shape index (κ2) is 8.61. The first-order valence-electron chi connectivity index (χ1n) is 12.5. The van der Waals surface area contributed by atoms with Crippen LogP contribution in [0.4, 0.5) is 0 Å². The molecule has 34 heavy (non-hydrogen) atoms. The summed E-state index contributed by atoms with van der Waals surface area (Å²) in [6, 6.07) is 35.3. The summed E-state index contributed by atoms with van der Waals surface area (Å²) in [6.07, 6.45) is 5.21. The van der Waals surface area contributed by atoms with Crippen molar-refractivity contribution in [1.29, 1.82) is 0 Å². The van der Waals surface area contributed by atoms with Crippen LogP contribution >= 0.6 is 0 Å². The lowest BCUT2D eigenvalue weighted by Crippen LogP contribution is -2.03. The van der Waals surface area contributed by atoms with Crippen molar-refractivity contribution in [3.8, 4) is 0 Å². The summed E-state index contributed by atoms with van der Waals surface area (Å²) in [7, 11) is 0. The van der Waals surface area contributed by atoms with E-state index in [2.05, 4.69) is 111 Å². The highest BCUT2D eigenvalue weighted by molar-refractivity contribution is 6.10. The van der Waals surface area contributed by atoms with Gasteiger partial charge in [0.05, 0.1) is 0 Å². The number of aryl methyl sites for hydroxylation is 4. The minimum Gasteiger partial charge on any atom is -0.0616 e. The van der Waals surface area contributed by atoms with E-state index >= 15 is 0 Å². The molecular formula is C34H30. The second-order valence-corrected chi connectivity index (χ2v) is 9.72. The van der Waals surface area contributed by atoms with Crippen LogP contribution in [0.5, 0.6) is 0 Å². The predicted octanol–water partition coefficient (Wildman–Crippen LogP) is 9.48. The highest BCUT2D eigenvalue weighted by Gasteiger charge is 2.14. The van der Waals surface area contributed by atoms with E-state index < -0.39 is 0 Å². The summed E-state index contributed by atoms with van der Waals surface area (Å²) in [6.45, 7) is 4.47. The van der Waals surface area contributed by atoms with Crippen LogP contribution in [0.2, 0.25) is 0 Å². The Kier molecular flexibility index (Phi) is 5.30. The Hall–Kier alpha value is -3.64. The molecule has 0 N–H and O–H groups in total. The smallest absolute Gasteiger partial charge is 0.00734 e. The van der Waals surface area contributed by atoms with E-state index in [-0.39, 0.29) is 0 Å². The van der Waals surface area contributed by atoms with Gasteiger partial charge in [-0.2, -0.15) is 0 Å². The highest BCUT2D eigenvalue weighted by atomic mass is 14.2. The van der Waals surface area contributed by atoms with Crippen molar-refractivity contribution in [3.05, 3.63) is 119 Å². The number of benzene rings is 6. The Morgan fingerprint density at radius 3 is 1.71 bits per heavy atom. The Morgan fingerprint density at radius 1 is 0.500 bits per heavy atom. The van der Waals surface area contributed by atoms with Crippen LogP contribution in [0.25, 0.3) is 43.1 Å². The minimum atomic E-state index is 1.25. The average molecular weight is 439 g/mol. The van der Waals surface area contributed by atoms with Gasteiger partial charge in [-0.3, -0.25) is 0 Å². The summed E-state index contributed by atoms with van der Waals surface area (Å²) in [5, 5.41) is 11.0. The third kappa shape index (κ3) is 3.64. The van der Waals surface area contributed by atoms with Gasteiger partial charge in [0.1, 0.15) is 0 Å². The van der Waals surface area contributed by atoms with Gasteiger partial charge in [-0.05, 0) is 117 Å². The van der Waals surface area contributed by atoms with Gasteiger partial charge in [-0.25, -0.2) is 0 Å². The molecule has 0 saturated carbocycles. The van der Waals surface area contributed by atoms with Crippen molar-refractivity contribution >= 4 is 43.1 Å². The van der Waals surface area contributed by atoms with Crippen LogP contribution in [0, 0.1) is 13.8 Å². The van der Waals surface area contributed by atoms with Crippen LogP contribution in [-0.2, 0) is 12.8 Å². The van der Waals surface area contributed by atoms with Crippen LogP contribution in [-0.4, -0.2) is 0 Å². The molecule has 0 amide bonds. The summed E-state index contributed by atoms with van der Waals surface area (Å²) in [5.41, 5.74) is 6.01. The molecule has 0 spiro atoms. The van der Waals surface area contributed by atoms with E-state index in [1.165, 1.54) is 79.9 Å². The molecule has 0 unspecified atom stereocenters. The maximum Gasteiger partial charge on any atom is -0.00734 e. The first-order valence-corrected chi connectivity index (χ1v) is 12.5. The third-order valence-electron chi connectivity index (χ3n) is 7.66. The van der Waals surface area contributed by atoms with Gasteiger partial charge >= 0.3 is 0 Å². The van der Waals surface area contributed by atoms with Crippen molar-refractivity contribution in [1.82, 2.24) is 0 Å². The SMILES string of the molecule is Cc1ccc2ccc3c4c(ccc3c2c1C)CCCC4.c1ccc2cc3ccccc3cc2c1. The molecule has 166 valence electrons. The molecule has 0 heteroatoms. The fourth-order valence-electron chi connectivity index (χ4n) is 5.65. The number of rotatable bonds is 0. The van der Waals surface area contributed by atoms with Crippen LogP contribution in [0.15, 0.2) is 97.1 Å². The maximum atomic E-state index is 2.37. The summed E-state index contributed by atoms with van der Waals surface area (Å²) in [5.74, 6) is 0. The van der Waals surface area contributed by atoms with E-state index in [1.807, 2.05) is 0 Å². The van der Waals surface area contributed by atoms with Crippen molar-refractivity contribution in [2.24, 2.45) is 0 Å². The third-order valence-corrected chi connectivity index (χ3v) is 7.66. The molecule has 0 fully saturated rings. The fraction of sp³-hybridized carbons (Fsp3) is 0.176. The zero-order valence-corrected chi connectivity index (χ0v) is 20.1. The molecule has 6 aromatic rings. The van der Waals surface area contributed by atoms with Gasteiger partial charge < -0.3 is 0 Å². The molecule has 0 heterocycles. The molecular weight excluding hydrogens is 408 g/mol. The van der Waals surface area contributed by atoms with Crippen molar-refractivity contribution in [2.45, 2.75) is 39.5 Å². The summed E-state index contributed by atoms with van der Waals surface area (Å²) < 4.78 is 0.